The number of pyridine rings is 1. The summed E-state index contributed by atoms with van der Waals surface area (Å²) in [5.41, 5.74) is 3.22. The van der Waals surface area contributed by atoms with Crippen LogP contribution in [-0.4, -0.2) is 17.6 Å². The zero-order chi connectivity index (χ0) is 18.6. The SMILES string of the molecule is CCOC(=O)c1cnc2c(ccc3ccccc32)c1NCc1ccccc1. The number of carbonyl (C=O) groups is 1. The van der Waals surface area contributed by atoms with Crippen LogP contribution < -0.4 is 5.32 Å². The van der Waals surface area contributed by atoms with Crippen molar-refractivity contribution in [3.05, 3.63) is 84.1 Å². The summed E-state index contributed by atoms with van der Waals surface area (Å²) in [7, 11) is 0. The molecule has 1 aromatic heterocycles. The molecule has 27 heavy (non-hydrogen) atoms. The van der Waals surface area contributed by atoms with Gasteiger partial charge in [0.15, 0.2) is 0 Å². The molecule has 0 bridgehead atoms. The molecule has 0 fully saturated rings. The summed E-state index contributed by atoms with van der Waals surface area (Å²) in [6.45, 7) is 2.74. The van der Waals surface area contributed by atoms with Crippen LogP contribution in [0.1, 0.15) is 22.8 Å². The summed E-state index contributed by atoms with van der Waals surface area (Å²) in [4.78, 5) is 17.1. The van der Waals surface area contributed by atoms with Crippen molar-refractivity contribution in [2.24, 2.45) is 0 Å². The molecule has 0 aliphatic heterocycles. The molecule has 4 heteroatoms. The first-order valence-corrected chi connectivity index (χ1v) is 9.03. The van der Waals surface area contributed by atoms with E-state index in [4.69, 9.17) is 4.74 Å². The summed E-state index contributed by atoms with van der Waals surface area (Å²) in [6.07, 6.45) is 1.61. The number of hydrogen-bond acceptors (Lipinski definition) is 4. The smallest absolute Gasteiger partial charge is 0.341 e. The van der Waals surface area contributed by atoms with E-state index in [0.29, 0.717) is 18.7 Å². The average molecular weight is 356 g/mol. The molecule has 0 amide bonds. The molecule has 4 rings (SSSR count). The Balaban J connectivity index is 1.86. The monoisotopic (exact) mass is 356 g/mol. The van der Waals surface area contributed by atoms with E-state index in [-0.39, 0.29) is 5.97 Å². The molecular weight excluding hydrogens is 336 g/mol. The molecule has 0 aliphatic rings. The van der Waals surface area contributed by atoms with Gasteiger partial charge in [0.25, 0.3) is 0 Å². The number of anilines is 1. The minimum absolute atomic E-state index is 0.326. The van der Waals surface area contributed by atoms with Gasteiger partial charge >= 0.3 is 5.97 Å². The number of fused-ring (bicyclic) bond motifs is 3. The summed E-state index contributed by atoms with van der Waals surface area (Å²) in [6, 6.07) is 22.3. The van der Waals surface area contributed by atoms with Crippen molar-refractivity contribution in [2.75, 3.05) is 11.9 Å². The third kappa shape index (κ3) is 3.34. The van der Waals surface area contributed by atoms with Crippen LogP contribution >= 0.6 is 0 Å². The number of hydrogen-bond donors (Lipinski definition) is 1. The van der Waals surface area contributed by atoms with Crippen molar-refractivity contribution in [1.82, 2.24) is 4.98 Å². The first-order chi connectivity index (χ1) is 13.3. The summed E-state index contributed by atoms with van der Waals surface area (Å²) >= 11 is 0. The zero-order valence-corrected chi connectivity index (χ0v) is 15.1. The average Bonchev–Trinajstić information content (AvgIpc) is 2.72. The highest BCUT2D eigenvalue weighted by atomic mass is 16.5. The van der Waals surface area contributed by atoms with Crippen molar-refractivity contribution in [3.63, 3.8) is 0 Å². The van der Waals surface area contributed by atoms with Crippen LogP contribution in [0, 0.1) is 0 Å². The predicted molar refractivity (Wildman–Crippen MR) is 109 cm³/mol. The van der Waals surface area contributed by atoms with Crippen LogP contribution in [0.25, 0.3) is 21.7 Å². The number of nitrogens with zero attached hydrogens (tertiary/aromatic N) is 1. The fourth-order valence-electron chi connectivity index (χ4n) is 3.28. The number of benzene rings is 3. The van der Waals surface area contributed by atoms with E-state index in [1.165, 1.54) is 0 Å². The van der Waals surface area contributed by atoms with Gasteiger partial charge in [0.2, 0.25) is 0 Å². The summed E-state index contributed by atoms with van der Waals surface area (Å²) < 4.78 is 5.24. The maximum Gasteiger partial charge on any atom is 0.341 e. The molecule has 0 radical (unpaired) electrons. The van der Waals surface area contributed by atoms with Crippen molar-refractivity contribution in [3.8, 4) is 0 Å². The Morgan fingerprint density at radius 3 is 2.56 bits per heavy atom. The quantitative estimate of drug-likeness (QED) is 0.395. The van der Waals surface area contributed by atoms with Crippen LogP contribution in [0.4, 0.5) is 5.69 Å². The van der Waals surface area contributed by atoms with E-state index in [1.807, 2.05) is 36.4 Å². The van der Waals surface area contributed by atoms with Crippen LogP contribution in [-0.2, 0) is 11.3 Å². The van der Waals surface area contributed by atoms with Crippen LogP contribution in [0.5, 0.6) is 0 Å². The van der Waals surface area contributed by atoms with Gasteiger partial charge in [-0.05, 0) is 17.9 Å². The van der Waals surface area contributed by atoms with Gasteiger partial charge in [0.1, 0.15) is 5.56 Å². The Morgan fingerprint density at radius 2 is 1.74 bits per heavy atom. The molecule has 4 aromatic rings. The summed E-state index contributed by atoms with van der Waals surface area (Å²) in [5.74, 6) is -0.365. The fourth-order valence-corrected chi connectivity index (χ4v) is 3.28. The molecular formula is C23H20N2O2. The number of aromatic nitrogens is 1. The van der Waals surface area contributed by atoms with Crippen molar-refractivity contribution < 1.29 is 9.53 Å². The van der Waals surface area contributed by atoms with Gasteiger partial charge < -0.3 is 10.1 Å². The Bertz CT molecular complexity index is 1110. The molecule has 0 saturated heterocycles. The Morgan fingerprint density at radius 1 is 0.963 bits per heavy atom. The van der Waals surface area contributed by atoms with E-state index in [1.54, 1.807) is 13.1 Å². The second-order valence-corrected chi connectivity index (χ2v) is 6.29. The van der Waals surface area contributed by atoms with Crippen LogP contribution in [0.3, 0.4) is 0 Å². The number of esters is 1. The Kier molecular flexibility index (Phi) is 4.71. The zero-order valence-electron chi connectivity index (χ0n) is 15.1. The van der Waals surface area contributed by atoms with Gasteiger partial charge in [-0.1, -0.05) is 66.7 Å². The van der Waals surface area contributed by atoms with E-state index in [9.17, 15) is 4.79 Å². The van der Waals surface area contributed by atoms with E-state index in [2.05, 4.69) is 40.6 Å². The lowest BCUT2D eigenvalue weighted by molar-refractivity contribution is 0.0527. The lowest BCUT2D eigenvalue weighted by Crippen LogP contribution is -2.11. The normalized spacial score (nSPS) is 10.9. The number of carbonyl (C=O) groups excluding carboxylic acids is 1. The van der Waals surface area contributed by atoms with Gasteiger partial charge in [-0.3, -0.25) is 4.98 Å². The third-order valence-electron chi connectivity index (χ3n) is 4.57. The first kappa shape index (κ1) is 17.0. The maximum atomic E-state index is 12.5. The van der Waals surface area contributed by atoms with Gasteiger partial charge in [-0.25, -0.2) is 4.79 Å². The number of nitrogens with one attached hydrogen (secondary N) is 1. The number of ether oxygens (including phenoxy) is 1. The maximum absolute atomic E-state index is 12.5. The highest BCUT2D eigenvalue weighted by molar-refractivity contribution is 6.13. The number of rotatable bonds is 5. The minimum atomic E-state index is -0.365. The van der Waals surface area contributed by atoms with Crippen molar-refractivity contribution in [1.29, 1.82) is 0 Å². The molecule has 134 valence electrons. The topological polar surface area (TPSA) is 51.2 Å². The van der Waals surface area contributed by atoms with Crippen molar-refractivity contribution in [2.45, 2.75) is 13.5 Å². The molecule has 0 atom stereocenters. The van der Waals surface area contributed by atoms with Gasteiger partial charge in [-0.2, -0.15) is 0 Å². The third-order valence-corrected chi connectivity index (χ3v) is 4.57. The molecule has 0 saturated carbocycles. The highest BCUT2D eigenvalue weighted by Gasteiger charge is 2.17. The van der Waals surface area contributed by atoms with Gasteiger partial charge in [0.05, 0.1) is 17.8 Å². The predicted octanol–water partition coefficient (Wildman–Crippen LogP) is 5.18. The van der Waals surface area contributed by atoms with Crippen LogP contribution in [0.2, 0.25) is 0 Å². The minimum Gasteiger partial charge on any atom is -0.462 e. The second kappa shape index (κ2) is 7.46. The summed E-state index contributed by atoms with van der Waals surface area (Å²) in [5, 5.41) is 6.53. The highest BCUT2D eigenvalue weighted by Crippen LogP contribution is 2.32. The van der Waals surface area contributed by atoms with Gasteiger partial charge in [-0.15, -0.1) is 0 Å². The second-order valence-electron chi connectivity index (χ2n) is 6.29. The lowest BCUT2D eigenvalue weighted by Gasteiger charge is -2.15. The van der Waals surface area contributed by atoms with Gasteiger partial charge in [0, 0.05) is 23.5 Å². The van der Waals surface area contributed by atoms with E-state index >= 15 is 0 Å². The molecule has 0 unspecified atom stereocenters. The Labute approximate surface area is 157 Å². The molecule has 1 N–H and O–H groups in total. The standard InChI is InChI=1S/C23H20N2O2/c1-2-27-23(26)20-15-25-21-18-11-7-6-10-17(18)12-13-19(21)22(20)24-14-16-8-4-3-5-9-16/h3-13,15H,2,14H2,1H3,(H,24,25). The van der Waals surface area contributed by atoms with Crippen LogP contribution in [0.15, 0.2) is 72.9 Å². The molecule has 0 aliphatic carbocycles. The van der Waals surface area contributed by atoms with Crippen molar-refractivity contribution >= 4 is 33.3 Å². The molecule has 0 spiro atoms. The van der Waals surface area contributed by atoms with E-state index in [0.717, 1.165) is 32.9 Å². The molecule has 3 aromatic carbocycles. The fraction of sp³-hybridized carbons (Fsp3) is 0.130. The first-order valence-electron chi connectivity index (χ1n) is 9.03. The van der Waals surface area contributed by atoms with E-state index < -0.39 is 0 Å². The Hall–Kier alpha value is -3.40. The molecule has 4 nitrogen and oxygen atoms in total. The lowest BCUT2D eigenvalue weighted by atomic mass is 10.0. The largest absolute Gasteiger partial charge is 0.462 e. The molecule has 1 heterocycles.